The molecule has 0 heterocycles. The van der Waals surface area contributed by atoms with Crippen molar-refractivity contribution in [2.45, 2.75) is 39.2 Å². The Kier molecular flexibility index (Phi) is 4.53. The smallest absolute Gasteiger partial charge is 0.257 e. The van der Waals surface area contributed by atoms with E-state index in [1.54, 1.807) is 7.05 Å². The molecule has 1 aromatic carbocycles. The van der Waals surface area contributed by atoms with Gasteiger partial charge in [-0.15, -0.1) is 0 Å². The fraction of sp³-hybridized carbons (Fsp3) is 0.562. The second-order valence-corrected chi connectivity index (χ2v) is 6.24. The molecule has 0 spiro atoms. The first kappa shape index (κ1) is 14.7. The van der Waals surface area contributed by atoms with Crippen LogP contribution >= 0.6 is 0 Å². The summed E-state index contributed by atoms with van der Waals surface area (Å²) >= 11 is 0. The second kappa shape index (κ2) is 6.16. The first-order valence-corrected chi connectivity index (χ1v) is 7.18. The third-order valence-corrected chi connectivity index (χ3v) is 3.82. The van der Waals surface area contributed by atoms with Crippen LogP contribution in [0.15, 0.2) is 24.3 Å². The average molecular weight is 276 g/mol. The van der Waals surface area contributed by atoms with Crippen LogP contribution in [0.1, 0.15) is 33.1 Å². The van der Waals surface area contributed by atoms with Crippen LogP contribution in [0.25, 0.3) is 0 Å². The van der Waals surface area contributed by atoms with Crippen molar-refractivity contribution in [3.05, 3.63) is 24.3 Å². The summed E-state index contributed by atoms with van der Waals surface area (Å²) in [6.45, 7) is 4.69. The third kappa shape index (κ3) is 4.15. The van der Waals surface area contributed by atoms with E-state index < -0.39 is 0 Å². The number of carbonyl (C=O) groups excluding carboxylic acids is 1. The summed E-state index contributed by atoms with van der Waals surface area (Å²) in [6.07, 6.45) is 3.66. The van der Waals surface area contributed by atoms with E-state index in [4.69, 9.17) is 4.74 Å². The van der Waals surface area contributed by atoms with E-state index in [0.29, 0.717) is 11.5 Å². The Labute approximate surface area is 120 Å². The number of carbonyl (C=O) groups is 1. The number of ether oxygens (including phenoxy) is 1. The first-order valence-electron chi connectivity index (χ1n) is 7.18. The van der Waals surface area contributed by atoms with Gasteiger partial charge in [0, 0.05) is 24.8 Å². The van der Waals surface area contributed by atoms with Crippen LogP contribution in [-0.4, -0.2) is 25.6 Å². The van der Waals surface area contributed by atoms with Gasteiger partial charge in [-0.25, -0.2) is 0 Å². The number of hydrogen-bond donors (Lipinski definition) is 2. The highest BCUT2D eigenvalue weighted by Gasteiger charge is 2.30. The number of nitrogens with one attached hydrogen (secondary N) is 2. The highest BCUT2D eigenvalue weighted by Crippen LogP contribution is 2.38. The lowest BCUT2D eigenvalue weighted by molar-refractivity contribution is -0.122. The van der Waals surface area contributed by atoms with Crippen LogP contribution in [0.5, 0.6) is 5.75 Å². The molecule has 0 bridgehead atoms. The zero-order valence-corrected chi connectivity index (χ0v) is 12.5. The highest BCUT2D eigenvalue weighted by molar-refractivity contribution is 5.77. The molecule has 1 atom stereocenters. The van der Waals surface area contributed by atoms with Gasteiger partial charge >= 0.3 is 0 Å². The van der Waals surface area contributed by atoms with E-state index in [0.717, 1.165) is 11.4 Å². The first-order chi connectivity index (χ1) is 9.48. The van der Waals surface area contributed by atoms with Crippen molar-refractivity contribution in [1.29, 1.82) is 0 Å². The predicted octanol–water partition coefficient (Wildman–Crippen LogP) is 2.80. The molecule has 20 heavy (non-hydrogen) atoms. The molecule has 0 aliphatic heterocycles. The van der Waals surface area contributed by atoms with Gasteiger partial charge in [-0.05, 0) is 36.8 Å². The number of benzene rings is 1. The molecule has 1 aliphatic carbocycles. The molecule has 1 aromatic rings. The summed E-state index contributed by atoms with van der Waals surface area (Å²) in [5.74, 6) is 0.594. The Bertz CT molecular complexity index is 471. The lowest BCUT2D eigenvalue weighted by atomic mass is 9.92. The lowest BCUT2D eigenvalue weighted by Crippen LogP contribution is -2.24. The summed E-state index contributed by atoms with van der Waals surface area (Å²) in [6, 6.07) is 8.33. The molecule has 4 nitrogen and oxygen atoms in total. The maximum absolute atomic E-state index is 11.2. The number of rotatable bonds is 5. The third-order valence-electron chi connectivity index (χ3n) is 3.82. The molecule has 0 saturated heterocycles. The molecule has 1 fully saturated rings. The Hall–Kier alpha value is -1.71. The molecule has 1 amide bonds. The highest BCUT2D eigenvalue weighted by atomic mass is 16.5. The zero-order chi connectivity index (χ0) is 14.6. The maximum atomic E-state index is 11.2. The quantitative estimate of drug-likeness (QED) is 0.869. The standard InChI is InChI=1S/C16H24N2O2/c1-16(2)8-7-13(10-16)18-12-5-4-6-14(9-12)20-11-15(19)17-3/h4-6,9,13,18H,7-8,10-11H2,1-3H3,(H,17,19). The van der Waals surface area contributed by atoms with Crippen molar-refractivity contribution in [2.24, 2.45) is 5.41 Å². The SMILES string of the molecule is CNC(=O)COc1cccc(NC2CCC(C)(C)C2)c1. The Balaban J connectivity index is 1.91. The molecule has 0 radical (unpaired) electrons. The molecule has 0 aromatic heterocycles. The molecule has 4 heteroatoms. The number of amides is 1. The topological polar surface area (TPSA) is 50.4 Å². The molecule has 110 valence electrons. The summed E-state index contributed by atoms with van der Waals surface area (Å²) in [5, 5.41) is 6.10. The molecule has 2 N–H and O–H groups in total. The van der Waals surface area contributed by atoms with E-state index in [1.165, 1.54) is 19.3 Å². The summed E-state index contributed by atoms with van der Waals surface area (Å²) in [4.78, 5) is 11.2. The molecular formula is C16H24N2O2. The van der Waals surface area contributed by atoms with E-state index >= 15 is 0 Å². The Morgan fingerprint density at radius 3 is 2.90 bits per heavy atom. The normalized spacial score (nSPS) is 20.4. The van der Waals surface area contributed by atoms with Crippen molar-refractivity contribution in [1.82, 2.24) is 5.32 Å². The van der Waals surface area contributed by atoms with Crippen LogP contribution < -0.4 is 15.4 Å². The van der Waals surface area contributed by atoms with Gasteiger partial charge in [0.25, 0.3) is 5.91 Å². The van der Waals surface area contributed by atoms with Crippen molar-refractivity contribution in [2.75, 3.05) is 19.0 Å². The molecule has 2 rings (SSSR count). The average Bonchev–Trinajstić information content (AvgIpc) is 2.75. The Morgan fingerprint density at radius 2 is 2.25 bits per heavy atom. The van der Waals surface area contributed by atoms with E-state index in [-0.39, 0.29) is 12.5 Å². The van der Waals surface area contributed by atoms with Gasteiger partial charge in [0.05, 0.1) is 0 Å². The van der Waals surface area contributed by atoms with Gasteiger partial charge in [0.15, 0.2) is 6.61 Å². The van der Waals surface area contributed by atoms with Crippen LogP contribution in [0.4, 0.5) is 5.69 Å². The van der Waals surface area contributed by atoms with Crippen molar-refractivity contribution < 1.29 is 9.53 Å². The van der Waals surface area contributed by atoms with E-state index in [2.05, 4.69) is 24.5 Å². The van der Waals surface area contributed by atoms with Gasteiger partial charge in [-0.3, -0.25) is 4.79 Å². The molecule has 1 aliphatic rings. The monoisotopic (exact) mass is 276 g/mol. The number of anilines is 1. The fourth-order valence-electron chi connectivity index (χ4n) is 2.69. The molecule has 1 unspecified atom stereocenters. The minimum atomic E-state index is -0.124. The lowest BCUT2D eigenvalue weighted by Gasteiger charge is -2.19. The zero-order valence-electron chi connectivity index (χ0n) is 12.5. The van der Waals surface area contributed by atoms with Gasteiger partial charge in [-0.1, -0.05) is 19.9 Å². The summed E-state index contributed by atoms with van der Waals surface area (Å²) in [5.41, 5.74) is 1.49. The largest absolute Gasteiger partial charge is 0.484 e. The van der Waals surface area contributed by atoms with Crippen LogP contribution in [-0.2, 0) is 4.79 Å². The van der Waals surface area contributed by atoms with Gasteiger partial charge in [0.1, 0.15) is 5.75 Å². The van der Waals surface area contributed by atoms with Gasteiger partial charge in [0.2, 0.25) is 0 Å². The number of hydrogen-bond acceptors (Lipinski definition) is 3. The molecule has 1 saturated carbocycles. The van der Waals surface area contributed by atoms with E-state index in [1.807, 2.05) is 24.3 Å². The van der Waals surface area contributed by atoms with Crippen LogP contribution in [0, 0.1) is 5.41 Å². The van der Waals surface area contributed by atoms with Crippen molar-refractivity contribution in [3.63, 3.8) is 0 Å². The number of likely N-dealkylation sites (N-methyl/N-ethyl adjacent to an activating group) is 1. The van der Waals surface area contributed by atoms with Crippen molar-refractivity contribution >= 4 is 11.6 Å². The van der Waals surface area contributed by atoms with Crippen LogP contribution in [0.2, 0.25) is 0 Å². The van der Waals surface area contributed by atoms with Crippen LogP contribution in [0.3, 0.4) is 0 Å². The van der Waals surface area contributed by atoms with Gasteiger partial charge < -0.3 is 15.4 Å². The minimum Gasteiger partial charge on any atom is -0.484 e. The maximum Gasteiger partial charge on any atom is 0.257 e. The minimum absolute atomic E-state index is 0.0520. The fourth-order valence-corrected chi connectivity index (χ4v) is 2.69. The van der Waals surface area contributed by atoms with Gasteiger partial charge in [-0.2, -0.15) is 0 Å². The summed E-state index contributed by atoms with van der Waals surface area (Å²) < 4.78 is 5.45. The van der Waals surface area contributed by atoms with Crippen molar-refractivity contribution in [3.8, 4) is 5.75 Å². The molecular weight excluding hydrogens is 252 g/mol. The summed E-state index contributed by atoms with van der Waals surface area (Å²) in [7, 11) is 1.60. The predicted molar refractivity (Wildman–Crippen MR) is 81.0 cm³/mol. The Morgan fingerprint density at radius 1 is 1.45 bits per heavy atom. The second-order valence-electron chi connectivity index (χ2n) is 6.24. The van der Waals surface area contributed by atoms with E-state index in [9.17, 15) is 4.79 Å².